The van der Waals surface area contributed by atoms with Gasteiger partial charge in [0.2, 0.25) is 0 Å². The molecule has 21 heavy (non-hydrogen) atoms. The van der Waals surface area contributed by atoms with Gasteiger partial charge in [0.1, 0.15) is 5.56 Å². The van der Waals surface area contributed by atoms with E-state index in [1.165, 1.54) is 6.20 Å². The van der Waals surface area contributed by atoms with Gasteiger partial charge in [-0.05, 0) is 13.8 Å². The van der Waals surface area contributed by atoms with Gasteiger partial charge >= 0.3 is 5.97 Å². The van der Waals surface area contributed by atoms with Gasteiger partial charge in [-0.15, -0.1) is 0 Å². The minimum absolute atomic E-state index is 0.312. The average molecular weight is 285 g/mol. The summed E-state index contributed by atoms with van der Waals surface area (Å²) < 4.78 is 8.60. The lowest BCUT2D eigenvalue weighted by Crippen LogP contribution is -2.10. The van der Waals surface area contributed by atoms with Gasteiger partial charge in [-0.25, -0.2) is 14.8 Å². The molecule has 0 N–H and O–H groups in total. The Morgan fingerprint density at radius 3 is 2.90 bits per heavy atom. The zero-order valence-electron chi connectivity index (χ0n) is 12.1. The van der Waals surface area contributed by atoms with E-state index < -0.39 is 5.97 Å². The van der Waals surface area contributed by atoms with Crippen molar-refractivity contribution in [2.75, 3.05) is 6.61 Å². The molecule has 0 atom stereocenters. The van der Waals surface area contributed by atoms with Crippen LogP contribution in [0.3, 0.4) is 0 Å². The van der Waals surface area contributed by atoms with Crippen LogP contribution in [0.4, 0.5) is 0 Å². The van der Waals surface area contributed by atoms with E-state index in [9.17, 15) is 4.79 Å². The van der Waals surface area contributed by atoms with Crippen molar-refractivity contribution in [3.8, 4) is 5.69 Å². The molecule has 3 aromatic heterocycles. The lowest BCUT2D eigenvalue weighted by molar-refractivity contribution is 0.0526. The van der Waals surface area contributed by atoms with Crippen molar-refractivity contribution in [1.29, 1.82) is 0 Å². The molecule has 0 aliphatic carbocycles. The summed E-state index contributed by atoms with van der Waals surface area (Å²) in [5, 5.41) is 5.20. The Hall–Kier alpha value is -2.70. The van der Waals surface area contributed by atoms with Gasteiger partial charge in [0.15, 0.2) is 5.65 Å². The molecule has 0 amide bonds. The van der Waals surface area contributed by atoms with Crippen molar-refractivity contribution in [2.45, 2.75) is 13.8 Å². The number of aromatic nitrogens is 5. The third-order valence-corrected chi connectivity index (χ3v) is 3.26. The Labute approximate surface area is 121 Å². The zero-order chi connectivity index (χ0) is 15.0. The van der Waals surface area contributed by atoms with Crippen LogP contribution in [0.1, 0.15) is 23.0 Å². The molecule has 0 fully saturated rings. The molecule has 3 rings (SSSR count). The first kappa shape index (κ1) is 13.3. The Balaban J connectivity index is 2.36. The van der Waals surface area contributed by atoms with Crippen molar-refractivity contribution >= 4 is 17.0 Å². The first-order valence-corrected chi connectivity index (χ1v) is 6.61. The average Bonchev–Trinajstić information content (AvgIpc) is 3.07. The van der Waals surface area contributed by atoms with Gasteiger partial charge < -0.3 is 9.30 Å². The largest absolute Gasteiger partial charge is 0.462 e. The summed E-state index contributed by atoms with van der Waals surface area (Å²) >= 11 is 0. The minimum atomic E-state index is -0.404. The van der Waals surface area contributed by atoms with Crippen molar-refractivity contribution in [2.24, 2.45) is 7.05 Å². The fraction of sp³-hybridized carbons (Fsp3) is 0.286. The molecule has 0 unspecified atom stereocenters. The van der Waals surface area contributed by atoms with Crippen molar-refractivity contribution in [3.05, 3.63) is 36.2 Å². The lowest BCUT2D eigenvalue weighted by atomic mass is 10.1. The Morgan fingerprint density at radius 1 is 1.43 bits per heavy atom. The number of ether oxygens (including phenoxy) is 1. The topological polar surface area (TPSA) is 74.8 Å². The maximum absolute atomic E-state index is 12.2. The van der Waals surface area contributed by atoms with E-state index in [-0.39, 0.29) is 0 Å². The van der Waals surface area contributed by atoms with E-state index in [1.807, 2.05) is 14.0 Å². The molecule has 0 aromatic carbocycles. The highest BCUT2D eigenvalue weighted by Crippen LogP contribution is 2.27. The quantitative estimate of drug-likeness (QED) is 0.684. The fourth-order valence-corrected chi connectivity index (χ4v) is 2.41. The third kappa shape index (κ3) is 2.06. The number of esters is 1. The number of carbonyl (C=O) groups is 1. The number of rotatable bonds is 3. The molecule has 7 nitrogen and oxygen atoms in total. The Bertz CT molecular complexity index is 804. The first-order chi connectivity index (χ1) is 10.1. The predicted molar refractivity (Wildman–Crippen MR) is 76.3 cm³/mol. The molecule has 0 saturated heterocycles. The van der Waals surface area contributed by atoms with Crippen LogP contribution in [-0.2, 0) is 11.8 Å². The van der Waals surface area contributed by atoms with Crippen LogP contribution >= 0.6 is 0 Å². The number of pyridine rings is 1. The maximum atomic E-state index is 12.2. The second-order valence-electron chi connectivity index (χ2n) is 4.62. The monoisotopic (exact) mass is 285 g/mol. The van der Waals surface area contributed by atoms with Crippen molar-refractivity contribution < 1.29 is 9.53 Å². The second kappa shape index (κ2) is 5.01. The van der Waals surface area contributed by atoms with Gasteiger partial charge in [0.05, 0.1) is 29.7 Å². The highest BCUT2D eigenvalue weighted by molar-refractivity contribution is 6.01. The molecular weight excluding hydrogens is 270 g/mol. The first-order valence-electron chi connectivity index (χ1n) is 6.61. The van der Waals surface area contributed by atoms with Gasteiger partial charge in [0, 0.05) is 25.6 Å². The molecule has 0 bridgehead atoms. The van der Waals surface area contributed by atoms with Crippen LogP contribution in [0.25, 0.3) is 16.7 Å². The van der Waals surface area contributed by atoms with E-state index in [4.69, 9.17) is 4.74 Å². The van der Waals surface area contributed by atoms with Gasteiger partial charge in [-0.2, -0.15) is 5.10 Å². The number of imidazole rings is 1. The van der Waals surface area contributed by atoms with Crippen molar-refractivity contribution in [1.82, 2.24) is 24.3 Å². The smallest absolute Gasteiger partial charge is 0.341 e. The van der Waals surface area contributed by atoms with Gasteiger partial charge in [-0.3, -0.25) is 4.68 Å². The van der Waals surface area contributed by atoms with Crippen molar-refractivity contribution in [3.63, 3.8) is 0 Å². The number of nitrogens with zero attached hydrogens (tertiary/aromatic N) is 5. The number of fused-ring (bicyclic) bond motifs is 1. The second-order valence-corrected chi connectivity index (χ2v) is 4.62. The van der Waals surface area contributed by atoms with E-state index >= 15 is 0 Å². The van der Waals surface area contributed by atoms with Gasteiger partial charge in [-0.1, -0.05) is 0 Å². The molecular formula is C14H15N5O2. The molecule has 7 heteroatoms. The fourth-order valence-electron chi connectivity index (χ4n) is 2.41. The van der Waals surface area contributed by atoms with E-state index in [0.717, 1.165) is 11.1 Å². The van der Waals surface area contributed by atoms with Crippen LogP contribution in [0.2, 0.25) is 0 Å². The minimum Gasteiger partial charge on any atom is -0.462 e. The van der Waals surface area contributed by atoms with Gasteiger partial charge in [0.25, 0.3) is 0 Å². The van der Waals surface area contributed by atoms with Crippen LogP contribution in [0.15, 0.2) is 24.9 Å². The van der Waals surface area contributed by atoms with E-state index in [2.05, 4.69) is 15.1 Å². The molecule has 0 spiro atoms. The SMILES string of the molecule is CCOC(=O)c1cnc2c(c(C)nn2C)c1-n1ccnc1. The Kier molecular flexibility index (Phi) is 3.17. The highest BCUT2D eigenvalue weighted by Gasteiger charge is 2.21. The summed E-state index contributed by atoms with van der Waals surface area (Å²) in [6, 6.07) is 0. The standard InChI is InChI=1S/C14H15N5O2/c1-4-21-14(20)10-7-16-13-11(9(2)17-18(13)3)12(10)19-6-5-15-8-19/h5-8H,4H2,1-3H3. The zero-order valence-corrected chi connectivity index (χ0v) is 12.1. The number of hydrogen-bond acceptors (Lipinski definition) is 5. The normalized spacial score (nSPS) is 11.0. The summed E-state index contributed by atoms with van der Waals surface area (Å²) in [7, 11) is 1.82. The molecule has 3 heterocycles. The summed E-state index contributed by atoms with van der Waals surface area (Å²) in [4.78, 5) is 20.6. The van der Waals surface area contributed by atoms with E-state index in [1.54, 1.807) is 34.9 Å². The number of carbonyl (C=O) groups excluding carboxylic acids is 1. The molecule has 0 aliphatic heterocycles. The van der Waals surface area contributed by atoms with Crippen LogP contribution in [0.5, 0.6) is 0 Å². The summed E-state index contributed by atoms with van der Waals surface area (Å²) in [5.41, 5.74) is 2.61. The Morgan fingerprint density at radius 2 is 2.24 bits per heavy atom. The summed E-state index contributed by atoms with van der Waals surface area (Å²) in [6.45, 7) is 3.97. The maximum Gasteiger partial charge on any atom is 0.341 e. The molecule has 0 saturated carbocycles. The van der Waals surface area contributed by atoms with E-state index in [0.29, 0.717) is 23.5 Å². The highest BCUT2D eigenvalue weighted by atomic mass is 16.5. The summed E-state index contributed by atoms with van der Waals surface area (Å²) in [5.74, 6) is -0.404. The van der Waals surface area contributed by atoms with Crippen LogP contribution in [0, 0.1) is 6.92 Å². The third-order valence-electron chi connectivity index (χ3n) is 3.26. The molecule has 3 aromatic rings. The summed E-state index contributed by atoms with van der Waals surface area (Å²) in [6.07, 6.45) is 6.61. The van der Waals surface area contributed by atoms with Crippen LogP contribution in [-0.4, -0.2) is 36.9 Å². The number of hydrogen-bond donors (Lipinski definition) is 0. The molecule has 0 radical (unpaired) electrons. The lowest BCUT2D eigenvalue weighted by Gasteiger charge is -2.11. The van der Waals surface area contributed by atoms with Crippen LogP contribution < -0.4 is 0 Å². The molecule has 108 valence electrons. The number of aryl methyl sites for hydroxylation is 2. The molecule has 0 aliphatic rings. The predicted octanol–water partition coefficient (Wildman–Crippen LogP) is 1.64.